The third-order valence-electron chi connectivity index (χ3n) is 7.27. The molecule has 1 saturated heterocycles. The molecule has 46 heavy (non-hydrogen) atoms. The Morgan fingerprint density at radius 1 is 1.07 bits per heavy atom. The van der Waals surface area contributed by atoms with Crippen molar-refractivity contribution in [3.63, 3.8) is 0 Å². The van der Waals surface area contributed by atoms with Gasteiger partial charge in [0, 0.05) is 39.2 Å². The molecule has 0 saturated carbocycles. The monoisotopic (exact) mass is 701 g/mol. The van der Waals surface area contributed by atoms with Crippen LogP contribution in [0, 0.1) is 16.0 Å². The number of carbonyl (C=O) groups is 3. The number of carbonyl (C=O) groups excluding carboxylic acids is 3. The van der Waals surface area contributed by atoms with Gasteiger partial charge in [0.1, 0.15) is 11.0 Å². The van der Waals surface area contributed by atoms with E-state index in [1.165, 1.54) is 60.7 Å². The highest BCUT2D eigenvalue weighted by Gasteiger charge is 2.57. The fourth-order valence-electron chi connectivity index (χ4n) is 5.29. The number of non-ortho nitro benzene ring substituents is 1. The van der Waals surface area contributed by atoms with Crippen molar-refractivity contribution in [2.75, 3.05) is 16.8 Å². The zero-order valence-corrected chi connectivity index (χ0v) is 26.2. The quantitative estimate of drug-likeness (QED) is 0.138. The third kappa shape index (κ3) is 5.90. The van der Waals surface area contributed by atoms with Crippen molar-refractivity contribution in [1.82, 2.24) is 4.98 Å². The number of thioether (sulfide) groups is 1. The number of fused-ring (bicyclic) bond motifs is 2. The minimum atomic E-state index is -3.91. The number of hydrogen-bond donors (Lipinski definition) is 3. The van der Waals surface area contributed by atoms with Crippen LogP contribution in [0.1, 0.15) is 16.4 Å². The first-order chi connectivity index (χ1) is 21.8. The van der Waals surface area contributed by atoms with Gasteiger partial charge in [-0.15, -0.1) is 0 Å². The molecule has 18 heteroatoms. The summed E-state index contributed by atoms with van der Waals surface area (Å²) < 4.78 is 28.9. The molecule has 236 valence electrons. The second-order valence-electron chi connectivity index (χ2n) is 10.1. The molecule has 0 bridgehead atoms. The number of anilines is 2. The van der Waals surface area contributed by atoms with Gasteiger partial charge in [-0.25, -0.2) is 18.5 Å². The molecule has 2 aliphatic rings. The second-order valence-corrected chi connectivity index (χ2v) is 14.3. The zero-order valence-electron chi connectivity index (χ0n) is 23.0. The van der Waals surface area contributed by atoms with Crippen LogP contribution in [0.15, 0.2) is 81.4 Å². The van der Waals surface area contributed by atoms with Crippen LogP contribution in [0.4, 0.5) is 17.1 Å². The molecule has 0 spiro atoms. The maximum absolute atomic E-state index is 14.0. The van der Waals surface area contributed by atoms with Crippen LogP contribution in [0.5, 0.6) is 5.75 Å². The van der Waals surface area contributed by atoms with Crippen LogP contribution in [-0.4, -0.2) is 47.9 Å². The first kappa shape index (κ1) is 31.4. The number of thiazole rings is 1. The van der Waals surface area contributed by atoms with Crippen molar-refractivity contribution in [2.45, 2.75) is 21.1 Å². The summed E-state index contributed by atoms with van der Waals surface area (Å²) in [7, 11) is -3.91. The number of H-pyrrole nitrogens is 1. The van der Waals surface area contributed by atoms with Crippen molar-refractivity contribution < 1.29 is 32.5 Å². The summed E-state index contributed by atoms with van der Waals surface area (Å²) in [6.07, 6.45) is 0. The lowest BCUT2D eigenvalue weighted by Crippen LogP contribution is -2.32. The summed E-state index contributed by atoms with van der Waals surface area (Å²) in [6, 6.07) is 14.8. The highest BCUT2D eigenvalue weighted by molar-refractivity contribution is 8.00. The summed E-state index contributed by atoms with van der Waals surface area (Å²) in [5.74, 6) is -3.47. The molecule has 3 aromatic carbocycles. The minimum Gasteiger partial charge on any atom is -0.483 e. The molecule has 2 aliphatic heterocycles. The summed E-state index contributed by atoms with van der Waals surface area (Å²) in [4.78, 5) is 67.1. The number of aromatic amines is 1. The van der Waals surface area contributed by atoms with Gasteiger partial charge in [0.15, 0.2) is 6.61 Å². The number of nitro groups is 1. The van der Waals surface area contributed by atoms with Gasteiger partial charge in [-0.3, -0.25) is 29.3 Å². The summed E-state index contributed by atoms with van der Waals surface area (Å²) >= 11 is 8.30. The largest absolute Gasteiger partial charge is 0.483 e. The number of rotatable bonds is 8. The van der Waals surface area contributed by atoms with Gasteiger partial charge in [-0.05, 0) is 54.6 Å². The van der Waals surface area contributed by atoms with E-state index in [-0.39, 0.29) is 32.7 Å². The van der Waals surface area contributed by atoms with Gasteiger partial charge < -0.3 is 15.0 Å². The van der Waals surface area contributed by atoms with Crippen molar-refractivity contribution >= 4 is 79.5 Å². The van der Waals surface area contributed by atoms with E-state index in [4.69, 9.17) is 21.5 Å². The molecule has 1 aromatic heterocycles. The number of imide groups is 1. The Kier molecular flexibility index (Phi) is 8.20. The number of nitrogens with two attached hydrogens (primary N) is 1. The smallest absolute Gasteiger partial charge is 0.305 e. The molecule has 1 fully saturated rings. The Morgan fingerprint density at radius 3 is 2.41 bits per heavy atom. The first-order valence-electron chi connectivity index (χ1n) is 13.2. The summed E-state index contributed by atoms with van der Waals surface area (Å²) in [6.45, 7) is -0.501. The Hall–Kier alpha value is -4.55. The Labute approximate surface area is 272 Å². The maximum atomic E-state index is 14.0. The molecule has 3 heterocycles. The first-order valence-corrected chi connectivity index (χ1v) is 16.8. The van der Waals surface area contributed by atoms with Gasteiger partial charge in [-0.2, -0.15) is 0 Å². The molecule has 0 unspecified atom stereocenters. The predicted molar refractivity (Wildman–Crippen MR) is 169 cm³/mol. The van der Waals surface area contributed by atoms with E-state index in [1.807, 2.05) is 0 Å². The molecule has 3 atom stereocenters. The van der Waals surface area contributed by atoms with E-state index in [0.717, 1.165) is 28.0 Å². The average molecular weight is 702 g/mol. The fourth-order valence-corrected chi connectivity index (χ4v) is 8.49. The standard InChI is InChI=1S/C28H20ClN5O9S3/c29-13-1-10-19(43-12-20(35)31-14-2-8-17(9-3-14)46(30,41)42)18(11-13)21-22-24(44-25-23(21)45-28(38)32-25)27(37)33(26(22)36)15-4-6-16(7-5-15)34(39)40/h1-11,21-22,24H,12H2,(H,31,35)(H,32,38)(H2,30,41,42)/t21-,22-,24+/m0/s1. The lowest BCUT2D eigenvalue weighted by molar-refractivity contribution is -0.384. The van der Waals surface area contributed by atoms with Gasteiger partial charge in [0.05, 0.1) is 26.5 Å². The molecule has 0 radical (unpaired) electrons. The molecule has 6 rings (SSSR count). The van der Waals surface area contributed by atoms with Gasteiger partial charge in [0.25, 0.3) is 11.6 Å². The van der Waals surface area contributed by atoms with Gasteiger partial charge in [0.2, 0.25) is 21.8 Å². The number of nitrogens with one attached hydrogen (secondary N) is 2. The topological polar surface area (TPSA) is 212 Å². The van der Waals surface area contributed by atoms with E-state index in [2.05, 4.69) is 10.3 Å². The van der Waals surface area contributed by atoms with E-state index in [0.29, 0.717) is 15.5 Å². The molecular weight excluding hydrogens is 682 g/mol. The van der Waals surface area contributed by atoms with Crippen LogP contribution < -0.4 is 25.0 Å². The number of sulfonamides is 1. The van der Waals surface area contributed by atoms with Gasteiger partial charge in [-0.1, -0.05) is 34.7 Å². The number of primary sulfonamides is 1. The molecule has 4 N–H and O–H groups in total. The van der Waals surface area contributed by atoms with Crippen LogP contribution in [0.2, 0.25) is 5.02 Å². The second kappa shape index (κ2) is 12.0. The van der Waals surface area contributed by atoms with Crippen molar-refractivity contribution in [2.24, 2.45) is 11.1 Å². The van der Waals surface area contributed by atoms with Crippen molar-refractivity contribution in [3.8, 4) is 5.75 Å². The number of hydrogen-bond acceptors (Lipinski definition) is 11. The highest BCUT2D eigenvalue weighted by atomic mass is 35.5. The fraction of sp³-hybridized carbons (Fsp3) is 0.143. The zero-order chi connectivity index (χ0) is 32.9. The summed E-state index contributed by atoms with van der Waals surface area (Å²) in [5, 5.41) is 18.5. The van der Waals surface area contributed by atoms with Gasteiger partial charge >= 0.3 is 4.87 Å². The number of amides is 3. The Bertz CT molecular complexity index is 2080. The maximum Gasteiger partial charge on any atom is 0.305 e. The number of nitrogens with zero attached hydrogens (tertiary/aromatic N) is 2. The lowest BCUT2D eigenvalue weighted by atomic mass is 9.82. The van der Waals surface area contributed by atoms with Crippen LogP contribution in [0.3, 0.4) is 0 Å². The number of ether oxygens (including phenoxy) is 1. The van der Waals surface area contributed by atoms with E-state index >= 15 is 0 Å². The molecule has 3 amide bonds. The van der Waals surface area contributed by atoms with Crippen LogP contribution in [0.25, 0.3) is 0 Å². The average Bonchev–Trinajstić information content (AvgIpc) is 3.50. The molecule has 14 nitrogen and oxygen atoms in total. The Balaban J connectivity index is 1.31. The van der Waals surface area contributed by atoms with Crippen LogP contribution >= 0.6 is 34.7 Å². The molecule has 4 aromatic rings. The van der Waals surface area contributed by atoms with Crippen molar-refractivity contribution in [3.05, 3.63) is 102 Å². The summed E-state index contributed by atoms with van der Waals surface area (Å²) in [5.41, 5.74) is 0.587. The normalized spacial score (nSPS) is 19.0. The molecular formula is C28H20ClN5O9S3. The number of aromatic nitrogens is 1. The minimum absolute atomic E-state index is 0.130. The number of halogens is 1. The van der Waals surface area contributed by atoms with E-state index < -0.39 is 61.2 Å². The Morgan fingerprint density at radius 2 is 1.76 bits per heavy atom. The highest BCUT2D eigenvalue weighted by Crippen LogP contribution is 2.54. The van der Waals surface area contributed by atoms with Crippen molar-refractivity contribution in [1.29, 1.82) is 0 Å². The number of nitro benzene ring substituents is 1. The predicted octanol–water partition coefficient (Wildman–Crippen LogP) is 3.46. The van der Waals surface area contributed by atoms with E-state index in [1.54, 1.807) is 6.07 Å². The SMILES string of the molecule is NS(=O)(=O)c1ccc(NC(=O)COc2ccc(Cl)cc2[C@@H]2c3sc(=O)[nH]c3S[C@H]3C(=O)N(c4ccc([N+](=O)[O-])cc4)C(=O)[C@@H]23)cc1. The lowest BCUT2D eigenvalue weighted by Gasteiger charge is -2.31. The number of benzene rings is 3. The molecule has 0 aliphatic carbocycles. The van der Waals surface area contributed by atoms with Crippen LogP contribution in [-0.2, 0) is 24.4 Å². The third-order valence-corrected chi connectivity index (χ3v) is 10.8. The van der Waals surface area contributed by atoms with E-state index in [9.17, 15) is 37.7 Å².